The van der Waals surface area contributed by atoms with E-state index in [0.717, 1.165) is 0 Å². The minimum absolute atomic E-state index is 0.0651. The molecule has 0 saturated carbocycles. The van der Waals surface area contributed by atoms with Crippen LogP contribution in [0.15, 0.2) is 22.6 Å². The molecular formula is C12H10Cl2N2O3. The van der Waals surface area contributed by atoms with Gasteiger partial charge in [-0.2, -0.15) is 0 Å². The largest absolute Gasteiger partial charge is 0.481 e. The van der Waals surface area contributed by atoms with Gasteiger partial charge in [-0.15, -0.1) is 10.2 Å². The van der Waals surface area contributed by atoms with Gasteiger partial charge in [-0.05, 0) is 18.6 Å². The molecule has 2 aromatic rings. The normalized spacial score (nSPS) is 10.6. The molecule has 1 heterocycles. The molecular weight excluding hydrogens is 291 g/mol. The molecule has 7 heteroatoms. The number of hydrogen-bond donors (Lipinski definition) is 1. The van der Waals surface area contributed by atoms with E-state index in [1.165, 1.54) is 0 Å². The van der Waals surface area contributed by atoms with Crippen LogP contribution in [0.3, 0.4) is 0 Å². The van der Waals surface area contributed by atoms with Crippen LogP contribution in [0.5, 0.6) is 0 Å². The summed E-state index contributed by atoms with van der Waals surface area (Å²) in [4.78, 5) is 10.4. The van der Waals surface area contributed by atoms with Crippen LogP contribution in [0.1, 0.15) is 18.7 Å². The monoisotopic (exact) mass is 300 g/mol. The number of nitrogens with zero attached hydrogens (tertiary/aromatic N) is 2. The topological polar surface area (TPSA) is 76.2 Å². The summed E-state index contributed by atoms with van der Waals surface area (Å²) < 4.78 is 5.43. The molecule has 5 nitrogen and oxygen atoms in total. The van der Waals surface area contributed by atoms with E-state index in [9.17, 15) is 4.79 Å². The van der Waals surface area contributed by atoms with Crippen LogP contribution in [0.2, 0.25) is 10.0 Å². The van der Waals surface area contributed by atoms with Crippen molar-refractivity contribution in [1.29, 1.82) is 0 Å². The molecule has 0 radical (unpaired) electrons. The maximum atomic E-state index is 10.4. The summed E-state index contributed by atoms with van der Waals surface area (Å²) in [7, 11) is 0. The third-order valence-corrected chi connectivity index (χ3v) is 3.25. The maximum Gasteiger partial charge on any atom is 0.303 e. The van der Waals surface area contributed by atoms with Gasteiger partial charge in [0.25, 0.3) is 0 Å². The fraction of sp³-hybridized carbons (Fsp3) is 0.250. The van der Waals surface area contributed by atoms with Gasteiger partial charge in [-0.3, -0.25) is 4.79 Å². The molecule has 1 aromatic heterocycles. The Morgan fingerprint density at radius 1 is 1.32 bits per heavy atom. The third kappa shape index (κ3) is 3.45. The van der Waals surface area contributed by atoms with Gasteiger partial charge < -0.3 is 9.52 Å². The SMILES string of the molecule is O=C(O)CCCc1nnc(-c2cccc(Cl)c2Cl)o1. The molecule has 0 aliphatic carbocycles. The van der Waals surface area contributed by atoms with Crippen LogP contribution < -0.4 is 0 Å². The summed E-state index contributed by atoms with van der Waals surface area (Å²) in [6, 6.07) is 5.12. The Kier molecular flexibility index (Phi) is 4.39. The van der Waals surface area contributed by atoms with Crippen LogP contribution in [0.4, 0.5) is 0 Å². The zero-order valence-corrected chi connectivity index (χ0v) is 11.3. The van der Waals surface area contributed by atoms with Crippen molar-refractivity contribution in [3.05, 3.63) is 34.1 Å². The molecule has 0 amide bonds. The van der Waals surface area contributed by atoms with Crippen molar-refractivity contribution in [3.63, 3.8) is 0 Å². The van der Waals surface area contributed by atoms with Crippen molar-refractivity contribution in [2.45, 2.75) is 19.3 Å². The average Bonchev–Trinajstić information content (AvgIpc) is 2.81. The summed E-state index contributed by atoms with van der Waals surface area (Å²) >= 11 is 11.9. The predicted molar refractivity (Wildman–Crippen MR) is 70.3 cm³/mol. The second kappa shape index (κ2) is 6.04. The van der Waals surface area contributed by atoms with Crippen LogP contribution in [0, 0.1) is 0 Å². The van der Waals surface area contributed by atoms with Crippen LogP contribution in [0.25, 0.3) is 11.5 Å². The van der Waals surface area contributed by atoms with E-state index in [0.29, 0.717) is 34.3 Å². The highest BCUT2D eigenvalue weighted by Gasteiger charge is 2.13. The Morgan fingerprint density at radius 3 is 2.84 bits per heavy atom. The van der Waals surface area contributed by atoms with Crippen molar-refractivity contribution in [2.24, 2.45) is 0 Å². The third-order valence-electron chi connectivity index (χ3n) is 2.43. The van der Waals surface area contributed by atoms with Crippen molar-refractivity contribution in [3.8, 4) is 11.5 Å². The number of carbonyl (C=O) groups is 1. The van der Waals surface area contributed by atoms with Crippen molar-refractivity contribution in [1.82, 2.24) is 10.2 Å². The lowest BCUT2D eigenvalue weighted by molar-refractivity contribution is -0.137. The van der Waals surface area contributed by atoms with E-state index < -0.39 is 5.97 Å². The van der Waals surface area contributed by atoms with Crippen molar-refractivity contribution < 1.29 is 14.3 Å². The Morgan fingerprint density at radius 2 is 2.11 bits per heavy atom. The average molecular weight is 301 g/mol. The minimum Gasteiger partial charge on any atom is -0.481 e. The summed E-state index contributed by atoms with van der Waals surface area (Å²) in [5.41, 5.74) is 0.561. The van der Waals surface area contributed by atoms with Gasteiger partial charge in [0.1, 0.15) is 0 Å². The van der Waals surface area contributed by atoms with Gasteiger partial charge >= 0.3 is 5.97 Å². The molecule has 100 valence electrons. The molecule has 1 aromatic carbocycles. The van der Waals surface area contributed by atoms with Crippen molar-refractivity contribution in [2.75, 3.05) is 0 Å². The molecule has 0 atom stereocenters. The van der Waals surface area contributed by atoms with Gasteiger partial charge in [0.15, 0.2) is 0 Å². The predicted octanol–water partition coefficient (Wildman–Crippen LogP) is 3.45. The molecule has 19 heavy (non-hydrogen) atoms. The number of aryl methyl sites for hydroxylation is 1. The highest BCUT2D eigenvalue weighted by atomic mass is 35.5. The lowest BCUT2D eigenvalue weighted by Gasteiger charge is -2.00. The lowest BCUT2D eigenvalue weighted by atomic mass is 10.2. The Hall–Kier alpha value is -1.59. The Balaban J connectivity index is 2.12. The lowest BCUT2D eigenvalue weighted by Crippen LogP contribution is -1.95. The second-order valence-electron chi connectivity index (χ2n) is 3.85. The minimum atomic E-state index is -0.849. The number of aromatic nitrogens is 2. The van der Waals surface area contributed by atoms with Crippen molar-refractivity contribution >= 4 is 29.2 Å². The summed E-state index contributed by atoms with van der Waals surface area (Å²) in [6.45, 7) is 0. The fourth-order valence-corrected chi connectivity index (χ4v) is 1.90. The molecule has 0 bridgehead atoms. The Bertz CT molecular complexity index is 598. The number of rotatable bonds is 5. The number of halogens is 2. The van der Waals surface area contributed by atoms with Crippen LogP contribution in [-0.2, 0) is 11.2 Å². The number of benzene rings is 1. The smallest absolute Gasteiger partial charge is 0.303 e. The van der Waals surface area contributed by atoms with Crippen LogP contribution in [-0.4, -0.2) is 21.3 Å². The summed E-state index contributed by atoms with van der Waals surface area (Å²) in [5, 5.41) is 17.0. The highest BCUT2D eigenvalue weighted by Crippen LogP contribution is 2.32. The van der Waals surface area contributed by atoms with E-state index in [-0.39, 0.29) is 12.3 Å². The van der Waals surface area contributed by atoms with E-state index in [4.69, 9.17) is 32.7 Å². The van der Waals surface area contributed by atoms with Gasteiger partial charge in [0.05, 0.1) is 15.6 Å². The van der Waals surface area contributed by atoms with Gasteiger partial charge in [0, 0.05) is 12.8 Å². The second-order valence-corrected chi connectivity index (χ2v) is 4.63. The molecule has 1 N–H and O–H groups in total. The highest BCUT2D eigenvalue weighted by molar-refractivity contribution is 6.43. The fourth-order valence-electron chi connectivity index (χ4n) is 1.52. The Labute approximate surface area is 119 Å². The molecule has 0 spiro atoms. The summed E-state index contributed by atoms with van der Waals surface area (Å²) in [5.74, 6) is -0.192. The number of carboxylic acid groups (broad SMARTS) is 1. The van der Waals surface area contributed by atoms with Gasteiger partial charge in [-0.25, -0.2) is 0 Å². The number of hydrogen-bond acceptors (Lipinski definition) is 4. The molecule has 0 unspecified atom stereocenters. The first-order valence-corrected chi connectivity index (χ1v) is 6.32. The van der Waals surface area contributed by atoms with Gasteiger partial charge in [-0.1, -0.05) is 29.3 Å². The van der Waals surface area contributed by atoms with E-state index in [1.54, 1.807) is 18.2 Å². The molecule has 0 aliphatic heterocycles. The number of aliphatic carboxylic acids is 1. The van der Waals surface area contributed by atoms with Crippen LogP contribution >= 0.6 is 23.2 Å². The standard InChI is InChI=1S/C12H10Cl2N2O3/c13-8-4-1-3-7(11(8)14)12-16-15-9(19-12)5-2-6-10(17)18/h1,3-4H,2,5-6H2,(H,17,18). The first-order valence-electron chi connectivity index (χ1n) is 5.56. The molecule has 0 aliphatic rings. The molecule has 0 saturated heterocycles. The maximum absolute atomic E-state index is 10.4. The van der Waals surface area contributed by atoms with E-state index in [2.05, 4.69) is 10.2 Å². The van der Waals surface area contributed by atoms with Gasteiger partial charge in [0.2, 0.25) is 11.8 Å². The molecule has 2 rings (SSSR count). The number of carboxylic acids is 1. The summed E-state index contributed by atoms with van der Waals surface area (Å²) in [6.07, 6.45) is 0.924. The van der Waals surface area contributed by atoms with E-state index >= 15 is 0 Å². The zero-order chi connectivity index (χ0) is 13.8. The first kappa shape index (κ1) is 13.8. The molecule has 0 fully saturated rings. The quantitative estimate of drug-likeness (QED) is 0.915. The van der Waals surface area contributed by atoms with E-state index in [1.807, 2.05) is 0 Å². The zero-order valence-electron chi connectivity index (χ0n) is 9.77. The first-order chi connectivity index (χ1) is 9.08.